The average Bonchev–Trinajstić information content (AvgIpc) is 2.19. The summed E-state index contributed by atoms with van der Waals surface area (Å²) in [5.74, 6) is 0.580. The second-order valence-electron chi connectivity index (χ2n) is 3.04. The van der Waals surface area contributed by atoms with Crippen molar-refractivity contribution < 1.29 is 4.74 Å². The number of hydrogen-bond donors (Lipinski definition) is 1. The number of aromatic nitrogens is 2. The minimum Gasteiger partial charge on any atom is -0.480 e. The van der Waals surface area contributed by atoms with Crippen LogP contribution in [0.3, 0.4) is 0 Å². The number of ether oxygens (including phenoxy) is 1. The lowest BCUT2D eigenvalue weighted by Gasteiger charge is -2.15. The van der Waals surface area contributed by atoms with Crippen LogP contribution in [0.4, 0.5) is 0 Å². The molecule has 14 heavy (non-hydrogen) atoms. The first-order chi connectivity index (χ1) is 6.77. The SMILES string of the molecule is COc1nccnc1CN(C)CCN. The smallest absolute Gasteiger partial charge is 0.236 e. The molecule has 0 radical (unpaired) electrons. The molecule has 0 spiro atoms. The van der Waals surface area contributed by atoms with Crippen LogP contribution in [0.1, 0.15) is 5.69 Å². The van der Waals surface area contributed by atoms with Gasteiger partial charge in [0.1, 0.15) is 5.69 Å². The van der Waals surface area contributed by atoms with E-state index < -0.39 is 0 Å². The van der Waals surface area contributed by atoms with E-state index in [4.69, 9.17) is 10.5 Å². The zero-order valence-corrected chi connectivity index (χ0v) is 8.60. The maximum Gasteiger partial charge on any atom is 0.236 e. The van der Waals surface area contributed by atoms with Crippen molar-refractivity contribution in [2.45, 2.75) is 6.54 Å². The van der Waals surface area contributed by atoms with E-state index in [2.05, 4.69) is 14.9 Å². The van der Waals surface area contributed by atoms with Gasteiger partial charge in [0, 0.05) is 32.0 Å². The molecule has 5 nitrogen and oxygen atoms in total. The summed E-state index contributed by atoms with van der Waals surface area (Å²) in [7, 11) is 3.58. The second-order valence-corrected chi connectivity index (χ2v) is 3.04. The highest BCUT2D eigenvalue weighted by Crippen LogP contribution is 2.11. The van der Waals surface area contributed by atoms with Gasteiger partial charge >= 0.3 is 0 Å². The van der Waals surface area contributed by atoms with Gasteiger partial charge in [0.05, 0.1) is 7.11 Å². The predicted molar refractivity (Wildman–Crippen MR) is 54.0 cm³/mol. The van der Waals surface area contributed by atoms with Crippen LogP contribution in [0.15, 0.2) is 12.4 Å². The van der Waals surface area contributed by atoms with E-state index in [9.17, 15) is 0 Å². The van der Waals surface area contributed by atoms with Gasteiger partial charge in [-0.1, -0.05) is 0 Å². The second kappa shape index (κ2) is 5.51. The number of methoxy groups -OCH3 is 1. The number of likely N-dealkylation sites (N-methyl/N-ethyl adjacent to an activating group) is 1. The van der Waals surface area contributed by atoms with Crippen LogP contribution in [0, 0.1) is 0 Å². The molecule has 5 heteroatoms. The average molecular weight is 196 g/mol. The van der Waals surface area contributed by atoms with Crippen molar-refractivity contribution in [1.29, 1.82) is 0 Å². The summed E-state index contributed by atoms with van der Waals surface area (Å²) >= 11 is 0. The number of rotatable bonds is 5. The van der Waals surface area contributed by atoms with Gasteiger partial charge in [-0.05, 0) is 7.05 Å². The van der Waals surface area contributed by atoms with Crippen LogP contribution in [-0.2, 0) is 6.54 Å². The Morgan fingerprint density at radius 1 is 1.43 bits per heavy atom. The van der Waals surface area contributed by atoms with Crippen molar-refractivity contribution in [2.75, 3.05) is 27.2 Å². The molecule has 0 unspecified atom stereocenters. The molecule has 78 valence electrons. The molecule has 0 saturated carbocycles. The van der Waals surface area contributed by atoms with E-state index in [1.54, 1.807) is 19.5 Å². The largest absolute Gasteiger partial charge is 0.480 e. The third kappa shape index (κ3) is 2.93. The van der Waals surface area contributed by atoms with Crippen LogP contribution < -0.4 is 10.5 Å². The first-order valence-electron chi connectivity index (χ1n) is 4.50. The summed E-state index contributed by atoms with van der Waals surface area (Å²) in [5.41, 5.74) is 6.28. The molecule has 1 aromatic heterocycles. The maximum atomic E-state index is 5.44. The van der Waals surface area contributed by atoms with Gasteiger partial charge in [0.15, 0.2) is 0 Å². The van der Waals surface area contributed by atoms with Gasteiger partial charge in [0.25, 0.3) is 0 Å². The standard InChI is InChI=1S/C9H16N4O/c1-13(6-3-10)7-8-9(14-2)12-5-4-11-8/h4-5H,3,6-7,10H2,1-2H3. The van der Waals surface area contributed by atoms with Gasteiger partial charge in [-0.15, -0.1) is 0 Å². The van der Waals surface area contributed by atoms with E-state index >= 15 is 0 Å². The van der Waals surface area contributed by atoms with Crippen LogP contribution >= 0.6 is 0 Å². The Bertz CT molecular complexity index is 279. The molecule has 1 rings (SSSR count). The lowest BCUT2D eigenvalue weighted by molar-refractivity contribution is 0.316. The van der Waals surface area contributed by atoms with Crippen molar-refractivity contribution in [3.05, 3.63) is 18.1 Å². The van der Waals surface area contributed by atoms with Crippen molar-refractivity contribution in [3.63, 3.8) is 0 Å². The Kier molecular flexibility index (Phi) is 4.28. The zero-order chi connectivity index (χ0) is 10.4. The van der Waals surface area contributed by atoms with Crippen LogP contribution in [0.5, 0.6) is 5.88 Å². The lowest BCUT2D eigenvalue weighted by Crippen LogP contribution is -2.25. The fourth-order valence-electron chi connectivity index (χ4n) is 1.19. The Morgan fingerprint density at radius 2 is 2.14 bits per heavy atom. The van der Waals surface area contributed by atoms with Crippen LogP contribution in [-0.4, -0.2) is 42.1 Å². The third-order valence-electron chi connectivity index (χ3n) is 1.86. The summed E-state index contributed by atoms with van der Waals surface area (Å²) in [6.07, 6.45) is 3.28. The quantitative estimate of drug-likeness (QED) is 0.711. The van der Waals surface area contributed by atoms with Crippen LogP contribution in [0.25, 0.3) is 0 Å². The summed E-state index contributed by atoms with van der Waals surface area (Å²) in [4.78, 5) is 10.3. The molecule has 1 aromatic rings. The number of nitrogens with two attached hydrogens (primary N) is 1. The Hall–Kier alpha value is -1.20. The highest BCUT2D eigenvalue weighted by atomic mass is 16.5. The Balaban J connectivity index is 2.65. The lowest BCUT2D eigenvalue weighted by atomic mass is 10.4. The summed E-state index contributed by atoms with van der Waals surface area (Å²) in [6, 6.07) is 0. The Labute approximate surface area is 83.9 Å². The van der Waals surface area contributed by atoms with E-state index in [-0.39, 0.29) is 0 Å². The molecule has 0 fully saturated rings. The number of nitrogens with zero attached hydrogens (tertiary/aromatic N) is 3. The van der Waals surface area contributed by atoms with Gasteiger partial charge < -0.3 is 10.5 Å². The molecule has 0 aromatic carbocycles. The van der Waals surface area contributed by atoms with Crippen molar-refractivity contribution >= 4 is 0 Å². The fourth-order valence-corrected chi connectivity index (χ4v) is 1.19. The Morgan fingerprint density at radius 3 is 2.79 bits per heavy atom. The molecular weight excluding hydrogens is 180 g/mol. The van der Waals surface area contributed by atoms with Crippen LogP contribution in [0.2, 0.25) is 0 Å². The van der Waals surface area contributed by atoms with E-state index in [0.29, 0.717) is 19.0 Å². The zero-order valence-electron chi connectivity index (χ0n) is 8.60. The van der Waals surface area contributed by atoms with E-state index in [1.165, 1.54) is 0 Å². The van der Waals surface area contributed by atoms with Gasteiger partial charge in [-0.3, -0.25) is 9.88 Å². The molecule has 2 N–H and O–H groups in total. The predicted octanol–water partition coefficient (Wildman–Crippen LogP) is -0.124. The highest BCUT2D eigenvalue weighted by molar-refractivity contribution is 5.16. The minimum atomic E-state index is 0.580. The van der Waals surface area contributed by atoms with Crippen molar-refractivity contribution in [3.8, 4) is 5.88 Å². The first-order valence-corrected chi connectivity index (χ1v) is 4.50. The van der Waals surface area contributed by atoms with E-state index in [1.807, 2.05) is 7.05 Å². The molecule has 0 atom stereocenters. The fraction of sp³-hybridized carbons (Fsp3) is 0.556. The molecular formula is C9H16N4O. The molecule has 0 saturated heterocycles. The third-order valence-corrected chi connectivity index (χ3v) is 1.86. The molecule has 0 amide bonds. The monoisotopic (exact) mass is 196 g/mol. The van der Waals surface area contributed by atoms with Gasteiger partial charge in [-0.25, -0.2) is 4.98 Å². The molecule has 0 aliphatic heterocycles. The summed E-state index contributed by atoms with van der Waals surface area (Å²) in [5, 5.41) is 0. The van der Waals surface area contributed by atoms with Gasteiger partial charge in [0.2, 0.25) is 5.88 Å². The van der Waals surface area contributed by atoms with Crippen molar-refractivity contribution in [1.82, 2.24) is 14.9 Å². The number of hydrogen-bond acceptors (Lipinski definition) is 5. The first kappa shape index (κ1) is 10.9. The van der Waals surface area contributed by atoms with E-state index in [0.717, 1.165) is 12.2 Å². The maximum absolute atomic E-state index is 5.44. The summed E-state index contributed by atoms with van der Waals surface area (Å²) < 4.78 is 5.09. The van der Waals surface area contributed by atoms with Gasteiger partial charge in [-0.2, -0.15) is 0 Å². The molecule has 0 aliphatic rings. The molecule has 1 heterocycles. The highest BCUT2D eigenvalue weighted by Gasteiger charge is 2.07. The molecule has 0 bridgehead atoms. The normalized spacial score (nSPS) is 10.6. The molecule has 0 aliphatic carbocycles. The minimum absolute atomic E-state index is 0.580. The summed E-state index contributed by atoms with van der Waals surface area (Å²) in [6.45, 7) is 2.17. The van der Waals surface area contributed by atoms with Crippen molar-refractivity contribution in [2.24, 2.45) is 5.73 Å². The topological polar surface area (TPSA) is 64.3 Å².